The van der Waals surface area contributed by atoms with Crippen molar-refractivity contribution < 1.29 is 4.52 Å². The fraction of sp³-hybridized carbons (Fsp3) is 0.455. The molecule has 0 amide bonds. The van der Waals surface area contributed by atoms with Crippen LogP contribution in [-0.4, -0.2) is 41.2 Å². The number of hydrogen-bond acceptors (Lipinski definition) is 6. The van der Waals surface area contributed by atoms with Gasteiger partial charge in [-0.2, -0.15) is 4.98 Å². The summed E-state index contributed by atoms with van der Waals surface area (Å²) in [5.41, 5.74) is 0. The molecule has 1 N–H and O–H groups in total. The van der Waals surface area contributed by atoms with Crippen molar-refractivity contribution in [2.45, 2.75) is 6.54 Å². The van der Waals surface area contributed by atoms with Crippen molar-refractivity contribution in [3.8, 4) is 10.8 Å². The quantitative estimate of drug-likeness (QED) is 0.932. The normalized spacial score (nSPS) is 17.2. The number of halogens is 1. The summed E-state index contributed by atoms with van der Waals surface area (Å²) in [7, 11) is 0. The summed E-state index contributed by atoms with van der Waals surface area (Å²) in [5.74, 6) is 1.29. The van der Waals surface area contributed by atoms with Gasteiger partial charge in [0.1, 0.15) is 0 Å². The van der Waals surface area contributed by atoms with Crippen LogP contribution in [0.5, 0.6) is 0 Å². The van der Waals surface area contributed by atoms with Crippen molar-refractivity contribution in [2.75, 3.05) is 26.2 Å². The predicted octanol–water partition coefficient (Wildman–Crippen LogP) is 1.86. The molecule has 1 fully saturated rings. The third kappa shape index (κ3) is 2.72. The number of nitrogens with one attached hydrogen (secondary N) is 1. The lowest BCUT2D eigenvalue weighted by Crippen LogP contribution is -2.43. The third-order valence-electron chi connectivity index (χ3n) is 2.83. The molecule has 0 radical (unpaired) electrons. The van der Waals surface area contributed by atoms with Gasteiger partial charge in [-0.1, -0.05) is 16.8 Å². The van der Waals surface area contributed by atoms with E-state index in [0.29, 0.717) is 5.89 Å². The molecule has 0 saturated carbocycles. The number of aromatic nitrogens is 2. The summed E-state index contributed by atoms with van der Waals surface area (Å²) >= 11 is 7.33. The van der Waals surface area contributed by atoms with Crippen molar-refractivity contribution in [1.29, 1.82) is 0 Å². The number of nitrogens with zero attached hydrogens (tertiary/aromatic N) is 3. The van der Waals surface area contributed by atoms with Gasteiger partial charge in [0, 0.05) is 26.2 Å². The molecule has 0 atom stereocenters. The van der Waals surface area contributed by atoms with E-state index in [9.17, 15) is 0 Å². The smallest absolute Gasteiger partial charge is 0.268 e. The van der Waals surface area contributed by atoms with E-state index in [2.05, 4.69) is 20.4 Å². The molecule has 96 valence electrons. The molecule has 3 rings (SSSR count). The van der Waals surface area contributed by atoms with Crippen LogP contribution in [0, 0.1) is 0 Å². The summed E-state index contributed by atoms with van der Waals surface area (Å²) in [6, 6.07) is 3.73. The van der Waals surface area contributed by atoms with Gasteiger partial charge in [0.05, 0.1) is 15.8 Å². The monoisotopic (exact) mass is 284 g/mol. The van der Waals surface area contributed by atoms with Gasteiger partial charge in [-0.3, -0.25) is 4.90 Å². The average Bonchev–Trinajstić information content (AvgIpc) is 2.99. The first kappa shape index (κ1) is 12.1. The zero-order valence-electron chi connectivity index (χ0n) is 9.73. The van der Waals surface area contributed by atoms with Crippen molar-refractivity contribution >= 4 is 22.9 Å². The minimum absolute atomic E-state index is 0.553. The van der Waals surface area contributed by atoms with Crippen molar-refractivity contribution in [1.82, 2.24) is 20.4 Å². The van der Waals surface area contributed by atoms with Gasteiger partial charge in [-0.25, -0.2) is 0 Å². The van der Waals surface area contributed by atoms with Crippen LogP contribution in [0.15, 0.2) is 16.7 Å². The highest BCUT2D eigenvalue weighted by atomic mass is 35.5. The van der Waals surface area contributed by atoms with Crippen molar-refractivity contribution in [3.05, 3.63) is 22.3 Å². The zero-order valence-corrected chi connectivity index (χ0v) is 11.3. The molecule has 1 aliphatic rings. The summed E-state index contributed by atoms with van der Waals surface area (Å²) in [6.45, 7) is 4.82. The van der Waals surface area contributed by atoms with Crippen LogP contribution < -0.4 is 5.32 Å². The molecule has 0 unspecified atom stereocenters. The Labute approximate surface area is 114 Å². The highest BCUT2D eigenvalue weighted by Crippen LogP contribution is 2.29. The van der Waals surface area contributed by atoms with Gasteiger partial charge in [-0.15, -0.1) is 11.3 Å². The van der Waals surface area contributed by atoms with Crippen LogP contribution in [-0.2, 0) is 6.54 Å². The Kier molecular flexibility index (Phi) is 3.60. The SMILES string of the molecule is Clc1ccc(-c2nc(CN3CCNCC3)no2)s1. The molecule has 2 aromatic rings. The number of hydrogen-bond donors (Lipinski definition) is 1. The molecule has 3 heterocycles. The summed E-state index contributed by atoms with van der Waals surface area (Å²) in [6.07, 6.45) is 0. The van der Waals surface area contributed by atoms with E-state index in [4.69, 9.17) is 16.1 Å². The molecule has 7 heteroatoms. The Morgan fingerprint density at radius 1 is 1.39 bits per heavy atom. The lowest BCUT2D eigenvalue weighted by molar-refractivity contribution is 0.225. The molecule has 1 aliphatic heterocycles. The molecular formula is C11H13ClN4OS. The van der Waals surface area contributed by atoms with E-state index < -0.39 is 0 Å². The number of rotatable bonds is 3. The van der Waals surface area contributed by atoms with Gasteiger partial charge in [0.15, 0.2) is 5.82 Å². The standard InChI is InChI=1S/C11H13ClN4OS/c12-9-2-1-8(18-9)11-14-10(15-17-11)7-16-5-3-13-4-6-16/h1-2,13H,3-7H2. The highest BCUT2D eigenvalue weighted by Gasteiger charge is 2.15. The molecule has 1 saturated heterocycles. The second kappa shape index (κ2) is 5.36. The zero-order chi connectivity index (χ0) is 12.4. The molecule has 0 spiro atoms. The lowest BCUT2D eigenvalue weighted by atomic mass is 10.3. The van der Waals surface area contributed by atoms with E-state index in [-0.39, 0.29) is 0 Å². The summed E-state index contributed by atoms with van der Waals surface area (Å²) in [4.78, 5) is 7.63. The Morgan fingerprint density at radius 2 is 2.22 bits per heavy atom. The highest BCUT2D eigenvalue weighted by molar-refractivity contribution is 7.19. The summed E-state index contributed by atoms with van der Waals surface area (Å²) < 4.78 is 5.98. The first-order valence-corrected chi connectivity index (χ1v) is 7.02. The Morgan fingerprint density at radius 3 is 2.94 bits per heavy atom. The maximum Gasteiger partial charge on any atom is 0.268 e. The lowest BCUT2D eigenvalue weighted by Gasteiger charge is -2.25. The fourth-order valence-electron chi connectivity index (χ4n) is 1.92. The largest absolute Gasteiger partial charge is 0.333 e. The van der Waals surface area contributed by atoms with E-state index in [1.54, 1.807) is 0 Å². The van der Waals surface area contributed by atoms with E-state index in [1.165, 1.54) is 11.3 Å². The maximum atomic E-state index is 5.89. The third-order valence-corrected chi connectivity index (χ3v) is 4.05. The molecule has 2 aromatic heterocycles. The Hall–Kier alpha value is -0.950. The molecule has 0 aromatic carbocycles. The van der Waals surface area contributed by atoms with Crippen LogP contribution in [0.2, 0.25) is 4.34 Å². The molecular weight excluding hydrogens is 272 g/mol. The number of piperazine rings is 1. The Bertz CT molecular complexity index is 521. The van der Waals surface area contributed by atoms with Crippen LogP contribution in [0.4, 0.5) is 0 Å². The second-order valence-corrected chi connectivity index (χ2v) is 5.86. The van der Waals surface area contributed by atoms with Crippen molar-refractivity contribution in [2.24, 2.45) is 0 Å². The predicted molar refractivity (Wildman–Crippen MR) is 70.8 cm³/mol. The van der Waals surface area contributed by atoms with Crippen molar-refractivity contribution in [3.63, 3.8) is 0 Å². The van der Waals surface area contributed by atoms with Gasteiger partial charge >= 0.3 is 0 Å². The van der Waals surface area contributed by atoms with E-state index >= 15 is 0 Å². The first-order valence-electron chi connectivity index (χ1n) is 5.82. The Balaban J connectivity index is 1.69. The minimum Gasteiger partial charge on any atom is -0.333 e. The van der Waals surface area contributed by atoms with E-state index in [0.717, 1.165) is 47.8 Å². The summed E-state index contributed by atoms with van der Waals surface area (Å²) in [5, 5.41) is 7.33. The van der Waals surface area contributed by atoms with Gasteiger partial charge in [-0.05, 0) is 12.1 Å². The topological polar surface area (TPSA) is 54.2 Å². The van der Waals surface area contributed by atoms with Gasteiger partial charge < -0.3 is 9.84 Å². The van der Waals surface area contributed by atoms with Gasteiger partial charge in [0.2, 0.25) is 0 Å². The van der Waals surface area contributed by atoms with Gasteiger partial charge in [0.25, 0.3) is 5.89 Å². The second-order valence-electron chi connectivity index (χ2n) is 4.15. The fourth-order valence-corrected chi connectivity index (χ4v) is 2.88. The van der Waals surface area contributed by atoms with Crippen LogP contribution >= 0.6 is 22.9 Å². The molecule has 18 heavy (non-hydrogen) atoms. The average molecular weight is 285 g/mol. The maximum absolute atomic E-state index is 5.89. The first-order chi connectivity index (χ1) is 8.81. The molecule has 0 bridgehead atoms. The molecule has 0 aliphatic carbocycles. The minimum atomic E-state index is 0.553. The van der Waals surface area contributed by atoms with Crippen LogP contribution in [0.1, 0.15) is 5.82 Å². The number of thiophene rings is 1. The molecule has 5 nitrogen and oxygen atoms in total. The van der Waals surface area contributed by atoms with Crippen LogP contribution in [0.3, 0.4) is 0 Å². The van der Waals surface area contributed by atoms with E-state index in [1.807, 2.05) is 12.1 Å². The van der Waals surface area contributed by atoms with Crippen LogP contribution in [0.25, 0.3) is 10.8 Å².